The van der Waals surface area contributed by atoms with E-state index in [1.54, 1.807) is 0 Å². The van der Waals surface area contributed by atoms with Crippen LogP contribution in [0.3, 0.4) is 0 Å². The number of esters is 1. The Bertz CT molecular complexity index is 116. The van der Waals surface area contributed by atoms with Gasteiger partial charge in [-0.05, 0) is 12.8 Å². The van der Waals surface area contributed by atoms with Crippen LogP contribution in [0.1, 0.15) is 26.7 Å². The largest absolute Gasteiger partial charge is 0.466 e. The zero-order valence-corrected chi connectivity index (χ0v) is 6.59. The Morgan fingerprint density at radius 3 is 2.70 bits per heavy atom. The molecule has 0 bridgehead atoms. The van der Waals surface area contributed by atoms with Gasteiger partial charge in [-0.15, -0.1) is 0 Å². The molecule has 0 saturated heterocycles. The number of rotatable bonds is 4. The standard InChI is InChI=1S/C8H14O2/c1-3-4-5-6-7-10-8(2)9/h4-5H,3,6-7H2,1-2H3/b5-4+. The van der Waals surface area contributed by atoms with Gasteiger partial charge in [0.25, 0.3) is 0 Å². The lowest BCUT2D eigenvalue weighted by atomic mass is 10.3. The first-order valence-electron chi connectivity index (χ1n) is 3.55. The monoisotopic (exact) mass is 142 g/mol. The van der Waals surface area contributed by atoms with Crippen LogP contribution in [-0.4, -0.2) is 12.6 Å². The highest BCUT2D eigenvalue weighted by Crippen LogP contribution is 1.87. The van der Waals surface area contributed by atoms with Crippen molar-refractivity contribution in [3.63, 3.8) is 0 Å². The highest BCUT2D eigenvalue weighted by Gasteiger charge is 1.87. The first kappa shape index (κ1) is 9.21. The lowest BCUT2D eigenvalue weighted by Gasteiger charge is -1.95. The lowest BCUT2D eigenvalue weighted by molar-refractivity contribution is -0.140. The second-order valence-electron chi connectivity index (χ2n) is 2.01. The molecule has 0 rings (SSSR count). The van der Waals surface area contributed by atoms with Crippen molar-refractivity contribution in [2.24, 2.45) is 0 Å². The summed E-state index contributed by atoms with van der Waals surface area (Å²) in [6.45, 7) is 4.00. The molecule has 2 heteroatoms. The minimum absolute atomic E-state index is 0.204. The zero-order chi connectivity index (χ0) is 7.82. The fourth-order valence-corrected chi connectivity index (χ4v) is 0.555. The second-order valence-corrected chi connectivity index (χ2v) is 2.01. The van der Waals surface area contributed by atoms with Crippen molar-refractivity contribution in [2.45, 2.75) is 26.7 Å². The third-order valence-corrected chi connectivity index (χ3v) is 0.992. The summed E-state index contributed by atoms with van der Waals surface area (Å²) in [6, 6.07) is 0. The molecular formula is C8H14O2. The van der Waals surface area contributed by atoms with Crippen molar-refractivity contribution in [3.8, 4) is 0 Å². The molecule has 2 nitrogen and oxygen atoms in total. The van der Waals surface area contributed by atoms with Crippen LogP contribution >= 0.6 is 0 Å². The van der Waals surface area contributed by atoms with Crippen LogP contribution < -0.4 is 0 Å². The van der Waals surface area contributed by atoms with E-state index in [1.807, 2.05) is 6.08 Å². The van der Waals surface area contributed by atoms with Gasteiger partial charge in [0.05, 0.1) is 6.61 Å². The van der Waals surface area contributed by atoms with Gasteiger partial charge in [0, 0.05) is 6.92 Å². The Hall–Kier alpha value is -0.790. The van der Waals surface area contributed by atoms with Crippen molar-refractivity contribution in [2.75, 3.05) is 6.61 Å². The van der Waals surface area contributed by atoms with Gasteiger partial charge in [-0.2, -0.15) is 0 Å². The van der Waals surface area contributed by atoms with E-state index >= 15 is 0 Å². The van der Waals surface area contributed by atoms with Gasteiger partial charge in [0.15, 0.2) is 0 Å². The molecule has 0 aliphatic carbocycles. The molecule has 0 unspecified atom stereocenters. The SMILES string of the molecule is CC/C=C/CCOC(C)=O. The molecule has 0 aliphatic rings. The first-order valence-corrected chi connectivity index (χ1v) is 3.55. The maximum atomic E-state index is 10.2. The van der Waals surface area contributed by atoms with Crippen molar-refractivity contribution >= 4 is 5.97 Å². The molecule has 0 radical (unpaired) electrons. The van der Waals surface area contributed by atoms with E-state index in [1.165, 1.54) is 6.92 Å². The Balaban J connectivity index is 3.05. The van der Waals surface area contributed by atoms with Crippen LogP contribution in [0.5, 0.6) is 0 Å². The van der Waals surface area contributed by atoms with Gasteiger partial charge >= 0.3 is 5.97 Å². The van der Waals surface area contributed by atoms with Crippen LogP contribution in [0.15, 0.2) is 12.2 Å². The fraction of sp³-hybridized carbons (Fsp3) is 0.625. The number of carbonyl (C=O) groups excluding carboxylic acids is 1. The van der Waals surface area contributed by atoms with Crippen LogP contribution in [-0.2, 0) is 9.53 Å². The van der Waals surface area contributed by atoms with Gasteiger partial charge in [-0.1, -0.05) is 19.1 Å². The summed E-state index contributed by atoms with van der Waals surface area (Å²) < 4.78 is 4.70. The molecule has 0 N–H and O–H groups in total. The summed E-state index contributed by atoms with van der Waals surface area (Å²) in [7, 11) is 0. The smallest absolute Gasteiger partial charge is 0.302 e. The van der Waals surface area contributed by atoms with Crippen LogP contribution in [0, 0.1) is 0 Å². The van der Waals surface area contributed by atoms with Crippen LogP contribution in [0.25, 0.3) is 0 Å². The van der Waals surface area contributed by atoms with E-state index in [0.29, 0.717) is 6.61 Å². The average Bonchev–Trinajstić information content (AvgIpc) is 1.87. The van der Waals surface area contributed by atoms with Gasteiger partial charge in [-0.3, -0.25) is 4.79 Å². The highest BCUT2D eigenvalue weighted by molar-refractivity contribution is 5.65. The van der Waals surface area contributed by atoms with Crippen LogP contribution in [0.4, 0.5) is 0 Å². The molecule has 0 fully saturated rings. The maximum absolute atomic E-state index is 10.2. The summed E-state index contributed by atoms with van der Waals surface area (Å²) in [5.74, 6) is -0.204. The summed E-state index contributed by atoms with van der Waals surface area (Å²) in [5.41, 5.74) is 0. The first-order chi connectivity index (χ1) is 4.77. The Morgan fingerprint density at radius 2 is 2.20 bits per heavy atom. The van der Waals surface area contributed by atoms with Gasteiger partial charge < -0.3 is 4.74 Å². The number of allylic oxidation sites excluding steroid dienone is 1. The molecule has 0 aromatic rings. The highest BCUT2D eigenvalue weighted by atomic mass is 16.5. The molecule has 58 valence electrons. The minimum Gasteiger partial charge on any atom is -0.466 e. The summed E-state index contributed by atoms with van der Waals surface area (Å²) in [5, 5.41) is 0. The topological polar surface area (TPSA) is 26.3 Å². The maximum Gasteiger partial charge on any atom is 0.302 e. The predicted octanol–water partition coefficient (Wildman–Crippen LogP) is 1.91. The van der Waals surface area contributed by atoms with Crippen LogP contribution in [0.2, 0.25) is 0 Å². The molecule has 0 spiro atoms. The molecule has 0 heterocycles. The number of carbonyl (C=O) groups is 1. The van der Waals surface area contributed by atoms with Crippen molar-refractivity contribution in [1.29, 1.82) is 0 Å². The molecule has 0 amide bonds. The lowest BCUT2D eigenvalue weighted by Crippen LogP contribution is -1.98. The molecule has 0 saturated carbocycles. The summed E-state index contributed by atoms with van der Waals surface area (Å²) >= 11 is 0. The average molecular weight is 142 g/mol. The van der Waals surface area contributed by atoms with E-state index in [0.717, 1.165) is 12.8 Å². The summed E-state index contributed by atoms with van der Waals surface area (Å²) in [4.78, 5) is 10.2. The molecule has 0 aromatic carbocycles. The number of hydrogen-bond donors (Lipinski definition) is 0. The normalized spacial score (nSPS) is 10.2. The molecule has 0 aliphatic heterocycles. The quantitative estimate of drug-likeness (QED) is 0.340. The predicted molar refractivity (Wildman–Crippen MR) is 40.7 cm³/mol. The minimum atomic E-state index is -0.204. The molecule has 0 atom stereocenters. The zero-order valence-electron chi connectivity index (χ0n) is 6.59. The van der Waals surface area contributed by atoms with E-state index in [2.05, 4.69) is 13.0 Å². The third kappa shape index (κ3) is 7.21. The van der Waals surface area contributed by atoms with Gasteiger partial charge in [-0.25, -0.2) is 0 Å². The van der Waals surface area contributed by atoms with E-state index in [4.69, 9.17) is 4.74 Å². The Labute approximate surface area is 61.9 Å². The Kier molecular flexibility index (Phi) is 5.83. The fourth-order valence-electron chi connectivity index (χ4n) is 0.555. The van der Waals surface area contributed by atoms with Crippen molar-refractivity contribution in [1.82, 2.24) is 0 Å². The molecule has 10 heavy (non-hydrogen) atoms. The van der Waals surface area contributed by atoms with Gasteiger partial charge in [0.2, 0.25) is 0 Å². The van der Waals surface area contributed by atoms with Crippen molar-refractivity contribution < 1.29 is 9.53 Å². The third-order valence-electron chi connectivity index (χ3n) is 0.992. The number of hydrogen-bond acceptors (Lipinski definition) is 2. The van der Waals surface area contributed by atoms with Crippen molar-refractivity contribution in [3.05, 3.63) is 12.2 Å². The van der Waals surface area contributed by atoms with E-state index < -0.39 is 0 Å². The van der Waals surface area contributed by atoms with E-state index in [-0.39, 0.29) is 5.97 Å². The number of ether oxygens (including phenoxy) is 1. The van der Waals surface area contributed by atoms with Gasteiger partial charge in [0.1, 0.15) is 0 Å². The molecule has 0 aromatic heterocycles. The molecular weight excluding hydrogens is 128 g/mol. The van der Waals surface area contributed by atoms with E-state index in [9.17, 15) is 4.79 Å². The second kappa shape index (κ2) is 6.33. The summed E-state index contributed by atoms with van der Waals surface area (Å²) in [6.07, 6.45) is 5.94. The Morgan fingerprint density at radius 1 is 1.50 bits per heavy atom.